The SMILES string of the molecule is C=C/C=C(\C=C)N(C(/C=C\C)=C/C=C)c1ccc(-c2ccc(-c3ccc(N(/C(C)=C/C)c4ccccc4)cc3)cc2)cc1. The molecule has 0 aliphatic carbocycles. The molecule has 214 valence electrons. The Hall–Kier alpha value is -5.34. The highest BCUT2D eigenvalue weighted by atomic mass is 15.2. The van der Waals surface area contributed by atoms with Gasteiger partial charge in [-0.3, -0.25) is 0 Å². The molecule has 4 aromatic carbocycles. The molecule has 0 aromatic heterocycles. The van der Waals surface area contributed by atoms with E-state index in [2.05, 4.69) is 153 Å². The summed E-state index contributed by atoms with van der Waals surface area (Å²) in [7, 11) is 0. The van der Waals surface area contributed by atoms with Crippen LogP contribution in [0.25, 0.3) is 22.3 Å². The van der Waals surface area contributed by atoms with Crippen LogP contribution < -0.4 is 9.80 Å². The molecule has 0 amide bonds. The van der Waals surface area contributed by atoms with Crippen LogP contribution in [0.2, 0.25) is 0 Å². The fraction of sp³-hybridized carbons (Fsp3) is 0.0732. The van der Waals surface area contributed by atoms with Crippen molar-refractivity contribution in [3.8, 4) is 22.3 Å². The molecule has 4 aromatic rings. The van der Waals surface area contributed by atoms with Crippen LogP contribution in [0, 0.1) is 0 Å². The number of hydrogen-bond acceptors (Lipinski definition) is 2. The first kappa shape index (κ1) is 30.6. The van der Waals surface area contributed by atoms with Crippen LogP contribution >= 0.6 is 0 Å². The summed E-state index contributed by atoms with van der Waals surface area (Å²) >= 11 is 0. The van der Waals surface area contributed by atoms with Gasteiger partial charge in [-0.15, -0.1) is 0 Å². The third-order valence-electron chi connectivity index (χ3n) is 7.23. The Kier molecular flexibility index (Phi) is 10.7. The van der Waals surface area contributed by atoms with Crippen LogP contribution in [0.5, 0.6) is 0 Å². The Labute approximate surface area is 257 Å². The lowest BCUT2D eigenvalue weighted by atomic mass is 9.99. The molecule has 43 heavy (non-hydrogen) atoms. The molecule has 0 fully saturated rings. The maximum absolute atomic E-state index is 4.03. The average Bonchev–Trinajstić information content (AvgIpc) is 3.06. The summed E-state index contributed by atoms with van der Waals surface area (Å²) in [6, 6.07) is 36.6. The van der Waals surface area contributed by atoms with Gasteiger partial charge in [0.25, 0.3) is 0 Å². The maximum atomic E-state index is 4.03. The Morgan fingerprint density at radius 2 is 1.00 bits per heavy atom. The first-order valence-corrected chi connectivity index (χ1v) is 14.5. The number of rotatable bonds is 12. The molecule has 0 N–H and O–H groups in total. The van der Waals surface area contributed by atoms with Crippen LogP contribution in [-0.4, -0.2) is 0 Å². The van der Waals surface area contributed by atoms with Gasteiger partial charge in [-0.1, -0.05) is 111 Å². The predicted molar refractivity (Wildman–Crippen MR) is 189 cm³/mol. The molecule has 0 radical (unpaired) electrons. The zero-order chi connectivity index (χ0) is 30.6. The highest BCUT2D eigenvalue weighted by molar-refractivity contribution is 5.75. The smallest absolute Gasteiger partial charge is 0.0462 e. The van der Waals surface area contributed by atoms with E-state index >= 15 is 0 Å². The molecular formula is C41H40N2. The highest BCUT2D eigenvalue weighted by Crippen LogP contribution is 2.33. The van der Waals surface area contributed by atoms with Crippen molar-refractivity contribution in [3.63, 3.8) is 0 Å². The second-order valence-corrected chi connectivity index (χ2v) is 9.97. The first-order valence-electron chi connectivity index (χ1n) is 14.5. The number of para-hydroxylation sites is 1. The molecule has 0 aliphatic rings. The molecule has 0 heterocycles. The standard InChI is InChI=1S/C41H40N2/c1-7-15-37(11-5)43(38(16-8-2)17-9-3)41-30-26-36(27-31-41)34-22-20-33(21-23-34)35-24-28-40(29-25-35)42(32(6)10-4)39-18-13-12-14-19-39/h7-31H,1-2,5H2,3-4,6H3/b17-9-,32-10+,37-15+,38-16+. The lowest BCUT2D eigenvalue weighted by molar-refractivity contribution is 1.14. The van der Waals surface area contributed by atoms with Gasteiger partial charge in [0.1, 0.15) is 0 Å². The van der Waals surface area contributed by atoms with E-state index in [1.807, 2.05) is 37.3 Å². The normalized spacial score (nSPS) is 12.2. The van der Waals surface area contributed by atoms with E-state index in [0.717, 1.165) is 34.0 Å². The van der Waals surface area contributed by atoms with Crippen LogP contribution in [-0.2, 0) is 0 Å². The summed E-state index contributed by atoms with van der Waals surface area (Å²) in [5, 5.41) is 0. The topological polar surface area (TPSA) is 6.48 Å². The quantitative estimate of drug-likeness (QED) is 0.159. The molecule has 0 bridgehead atoms. The molecule has 0 spiro atoms. The summed E-state index contributed by atoms with van der Waals surface area (Å²) in [5.74, 6) is 0. The summed E-state index contributed by atoms with van der Waals surface area (Å²) in [6.07, 6.45) is 15.6. The molecule has 0 aliphatic heterocycles. The first-order chi connectivity index (χ1) is 21.0. The van der Waals surface area contributed by atoms with Crippen molar-refractivity contribution >= 4 is 17.1 Å². The van der Waals surface area contributed by atoms with Crippen LogP contribution in [0.3, 0.4) is 0 Å². The van der Waals surface area contributed by atoms with Gasteiger partial charge in [-0.05, 0) is 104 Å². The predicted octanol–water partition coefficient (Wildman–Crippen LogP) is 11.8. The summed E-state index contributed by atoms with van der Waals surface area (Å²) in [6.45, 7) is 18.0. The van der Waals surface area contributed by atoms with Crippen molar-refractivity contribution < 1.29 is 0 Å². The molecule has 0 atom stereocenters. The minimum atomic E-state index is 0.928. The van der Waals surface area contributed by atoms with Crippen LogP contribution in [0.15, 0.2) is 189 Å². The van der Waals surface area contributed by atoms with Gasteiger partial charge in [-0.2, -0.15) is 0 Å². The van der Waals surface area contributed by atoms with Gasteiger partial charge >= 0.3 is 0 Å². The lowest BCUT2D eigenvalue weighted by Gasteiger charge is -2.27. The van der Waals surface area contributed by atoms with Gasteiger partial charge in [0.15, 0.2) is 0 Å². The molecule has 2 heteroatoms. The molecule has 4 rings (SSSR count). The molecule has 0 saturated heterocycles. The van der Waals surface area contributed by atoms with Crippen molar-refractivity contribution in [2.75, 3.05) is 9.80 Å². The van der Waals surface area contributed by atoms with E-state index in [4.69, 9.17) is 0 Å². The number of nitrogens with zero attached hydrogens (tertiary/aromatic N) is 2. The van der Waals surface area contributed by atoms with Crippen molar-refractivity contribution in [3.05, 3.63) is 189 Å². The maximum Gasteiger partial charge on any atom is 0.0462 e. The van der Waals surface area contributed by atoms with Gasteiger partial charge < -0.3 is 9.80 Å². The highest BCUT2D eigenvalue weighted by Gasteiger charge is 2.14. The van der Waals surface area contributed by atoms with Crippen LogP contribution in [0.4, 0.5) is 17.1 Å². The second-order valence-electron chi connectivity index (χ2n) is 9.97. The van der Waals surface area contributed by atoms with Crippen molar-refractivity contribution in [2.24, 2.45) is 0 Å². The minimum absolute atomic E-state index is 0.928. The summed E-state index contributed by atoms with van der Waals surface area (Å²) in [5.41, 5.74) is 11.1. The van der Waals surface area contributed by atoms with Gasteiger partial charge in [-0.25, -0.2) is 0 Å². The third-order valence-corrected chi connectivity index (χ3v) is 7.23. The van der Waals surface area contributed by atoms with E-state index < -0.39 is 0 Å². The number of benzene rings is 4. The van der Waals surface area contributed by atoms with E-state index in [1.165, 1.54) is 22.4 Å². The van der Waals surface area contributed by atoms with Crippen molar-refractivity contribution in [1.29, 1.82) is 0 Å². The summed E-state index contributed by atoms with van der Waals surface area (Å²) < 4.78 is 0. The fourth-order valence-electron chi connectivity index (χ4n) is 5.02. The van der Waals surface area contributed by atoms with E-state index in [9.17, 15) is 0 Å². The number of anilines is 3. The second kappa shape index (κ2) is 15.0. The van der Waals surface area contributed by atoms with Crippen molar-refractivity contribution in [2.45, 2.75) is 20.8 Å². The van der Waals surface area contributed by atoms with Gasteiger partial charge in [0.2, 0.25) is 0 Å². The van der Waals surface area contributed by atoms with Crippen molar-refractivity contribution in [1.82, 2.24) is 0 Å². The molecule has 0 unspecified atom stereocenters. The zero-order valence-corrected chi connectivity index (χ0v) is 25.4. The van der Waals surface area contributed by atoms with Crippen LogP contribution in [0.1, 0.15) is 20.8 Å². The Bertz CT molecular complexity index is 1650. The monoisotopic (exact) mass is 560 g/mol. The van der Waals surface area contributed by atoms with E-state index in [-0.39, 0.29) is 0 Å². The Morgan fingerprint density at radius 3 is 1.44 bits per heavy atom. The third kappa shape index (κ3) is 7.30. The number of allylic oxidation sites excluding steroid dienone is 9. The Balaban J connectivity index is 1.59. The average molecular weight is 561 g/mol. The largest absolute Gasteiger partial charge is 0.315 e. The molecular weight excluding hydrogens is 520 g/mol. The minimum Gasteiger partial charge on any atom is -0.315 e. The van der Waals surface area contributed by atoms with E-state index in [0.29, 0.717) is 0 Å². The molecule has 2 nitrogen and oxygen atoms in total. The molecule has 0 saturated carbocycles. The Morgan fingerprint density at radius 1 is 0.558 bits per heavy atom. The lowest BCUT2D eigenvalue weighted by Crippen LogP contribution is -2.19. The van der Waals surface area contributed by atoms with Gasteiger partial charge in [0.05, 0.1) is 0 Å². The summed E-state index contributed by atoms with van der Waals surface area (Å²) in [4.78, 5) is 4.42. The van der Waals surface area contributed by atoms with Gasteiger partial charge in [0, 0.05) is 34.2 Å². The zero-order valence-electron chi connectivity index (χ0n) is 25.4. The van der Waals surface area contributed by atoms with E-state index in [1.54, 1.807) is 12.2 Å². The fourth-order valence-corrected chi connectivity index (χ4v) is 5.02. The number of hydrogen-bond donors (Lipinski definition) is 0.